The molecule has 1 saturated heterocycles. The molecule has 1 amide bonds. The number of amides is 1. The molecule has 1 fully saturated rings. The van der Waals surface area contributed by atoms with E-state index < -0.39 is 0 Å². The van der Waals surface area contributed by atoms with Gasteiger partial charge in [-0.05, 0) is 14.1 Å². The molecular weight excluding hydrogens is 194 g/mol. The van der Waals surface area contributed by atoms with Crippen molar-refractivity contribution >= 4 is 5.91 Å². The average Bonchev–Trinajstić information content (AvgIpc) is 2.26. The van der Waals surface area contributed by atoms with Crippen LogP contribution in [-0.2, 0) is 9.53 Å². The maximum atomic E-state index is 11.9. The van der Waals surface area contributed by atoms with Gasteiger partial charge in [0.2, 0.25) is 5.91 Å². The summed E-state index contributed by atoms with van der Waals surface area (Å²) in [7, 11) is 5.84. The second-order valence-electron chi connectivity index (χ2n) is 4.14. The zero-order valence-corrected chi connectivity index (χ0v) is 9.82. The van der Waals surface area contributed by atoms with Gasteiger partial charge >= 0.3 is 0 Å². The zero-order valence-electron chi connectivity index (χ0n) is 9.82. The molecule has 1 N–H and O–H groups in total. The van der Waals surface area contributed by atoms with Crippen molar-refractivity contribution < 1.29 is 9.53 Å². The number of likely N-dealkylation sites (N-methyl/N-ethyl adjacent to an activating group) is 2. The number of hydrogen-bond acceptors (Lipinski definition) is 4. The SMILES string of the molecule is CN(C)CCN(C)C(=O)C1COCCN1. The Labute approximate surface area is 91.4 Å². The van der Waals surface area contributed by atoms with Gasteiger partial charge in [0.25, 0.3) is 0 Å². The fraction of sp³-hybridized carbons (Fsp3) is 0.900. The van der Waals surface area contributed by atoms with Crippen LogP contribution in [-0.4, -0.2) is 75.7 Å². The molecule has 5 nitrogen and oxygen atoms in total. The summed E-state index contributed by atoms with van der Waals surface area (Å²) in [6, 6.07) is -0.161. The molecule has 1 aliphatic heterocycles. The Morgan fingerprint density at radius 1 is 1.40 bits per heavy atom. The van der Waals surface area contributed by atoms with Crippen molar-refractivity contribution in [2.24, 2.45) is 0 Å². The largest absolute Gasteiger partial charge is 0.378 e. The molecule has 0 spiro atoms. The van der Waals surface area contributed by atoms with Crippen LogP contribution in [0.4, 0.5) is 0 Å². The Bertz CT molecular complexity index is 203. The summed E-state index contributed by atoms with van der Waals surface area (Å²) in [5.41, 5.74) is 0. The van der Waals surface area contributed by atoms with Gasteiger partial charge in [0.1, 0.15) is 6.04 Å². The van der Waals surface area contributed by atoms with Gasteiger partial charge in [-0.2, -0.15) is 0 Å². The van der Waals surface area contributed by atoms with Crippen LogP contribution < -0.4 is 5.32 Å². The number of carbonyl (C=O) groups excluding carboxylic acids is 1. The number of ether oxygens (including phenoxy) is 1. The van der Waals surface area contributed by atoms with Crippen molar-refractivity contribution in [3.63, 3.8) is 0 Å². The molecule has 1 unspecified atom stereocenters. The Balaban J connectivity index is 2.30. The second kappa shape index (κ2) is 6.05. The third-order valence-electron chi connectivity index (χ3n) is 2.48. The van der Waals surface area contributed by atoms with E-state index in [0.717, 1.165) is 19.6 Å². The molecule has 1 heterocycles. The van der Waals surface area contributed by atoms with E-state index in [9.17, 15) is 4.79 Å². The van der Waals surface area contributed by atoms with Crippen LogP contribution in [0.25, 0.3) is 0 Å². The van der Waals surface area contributed by atoms with Crippen LogP contribution in [0.15, 0.2) is 0 Å². The van der Waals surface area contributed by atoms with E-state index in [2.05, 4.69) is 10.2 Å². The van der Waals surface area contributed by atoms with Crippen molar-refractivity contribution in [2.45, 2.75) is 6.04 Å². The van der Waals surface area contributed by atoms with Crippen LogP contribution in [0.5, 0.6) is 0 Å². The summed E-state index contributed by atoms with van der Waals surface area (Å²) in [5.74, 6) is 0.122. The first-order valence-electron chi connectivity index (χ1n) is 5.32. The third-order valence-corrected chi connectivity index (χ3v) is 2.48. The minimum absolute atomic E-state index is 0.122. The first kappa shape index (κ1) is 12.4. The molecule has 0 saturated carbocycles. The fourth-order valence-electron chi connectivity index (χ4n) is 1.45. The van der Waals surface area contributed by atoms with E-state index in [1.165, 1.54) is 0 Å². The number of morpholine rings is 1. The topological polar surface area (TPSA) is 44.8 Å². The highest BCUT2D eigenvalue weighted by atomic mass is 16.5. The number of hydrogen-bond donors (Lipinski definition) is 1. The molecule has 0 bridgehead atoms. The maximum absolute atomic E-state index is 11.9. The number of nitrogens with zero attached hydrogens (tertiary/aromatic N) is 2. The standard InChI is InChI=1S/C10H21N3O2/c1-12(2)5-6-13(3)10(14)9-8-15-7-4-11-9/h9,11H,4-8H2,1-3H3. The summed E-state index contributed by atoms with van der Waals surface area (Å²) in [5, 5.41) is 3.16. The molecule has 1 rings (SSSR count). The van der Waals surface area contributed by atoms with Gasteiger partial charge in [0.15, 0.2) is 0 Å². The number of carbonyl (C=O) groups is 1. The normalized spacial score (nSPS) is 21.7. The Morgan fingerprint density at radius 3 is 2.67 bits per heavy atom. The van der Waals surface area contributed by atoms with Crippen LogP contribution in [0, 0.1) is 0 Å². The van der Waals surface area contributed by atoms with Crippen molar-refractivity contribution in [1.82, 2.24) is 15.1 Å². The molecule has 0 radical (unpaired) electrons. The van der Waals surface area contributed by atoms with E-state index >= 15 is 0 Å². The van der Waals surface area contributed by atoms with E-state index in [1.807, 2.05) is 21.1 Å². The lowest BCUT2D eigenvalue weighted by molar-refractivity contribution is -0.135. The first-order chi connectivity index (χ1) is 7.11. The lowest BCUT2D eigenvalue weighted by atomic mass is 10.2. The zero-order chi connectivity index (χ0) is 11.3. The van der Waals surface area contributed by atoms with Gasteiger partial charge in [0.05, 0.1) is 13.2 Å². The van der Waals surface area contributed by atoms with Crippen LogP contribution >= 0.6 is 0 Å². The summed E-state index contributed by atoms with van der Waals surface area (Å²) < 4.78 is 5.26. The van der Waals surface area contributed by atoms with E-state index in [0.29, 0.717) is 13.2 Å². The van der Waals surface area contributed by atoms with E-state index in [4.69, 9.17) is 4.74 Å². The second-order valence-corrected chi connectivity index (χ2v) is 4.14. The van der Waals surface area contributed by atoms with Gasteiger partial charge < -0.3 is 19.9 Å². The average molecular weight is 215 g/mol. The van der Waals surface area contributed by atoms with Crippen molar-refractivity contribution in [3.8, 4) is 0 Å². The highest BCUT2D eigenvalue weighted by Crippen LogP contribution is 1.98. The predicted molar refractivity (Wildman–Crippen MR) is 58.8 cm³/mol. The molecule has 1 atom stereocenters. The molecule has 88 valence electrons. The summed E-state index contributed by atoms with van der Waals surface area (Å²) in [6.07, 6.45) is 0. The van der Waals surface area contributed by atoms with Crippen LogP contribution in [0.1, 0.15) is 0 Å². The summed E-state index contributed by atoms with van der Waals surface area (Å²) in [4.78, 5) is 15.7. The van der Waals surface area contributed by atoms with Crippen LogP contribution in [0.3, 0.4) is 0 Å². The highest BCUT2D eigenvalue weighted by molar-refractivity contribution is 5.81. The number of nitrogens with one attached hydrogen (secondary N) is 1. The minimum atomic E-state index is -0.161. The van der Waals surface area contributed by atoms with Gasteiger partial charge in [-0.3, -0.25) is 4.79 Å². The van der Waals surface area contributed by atoms with Gasteiger partial charge in [-0.15, -0.1) is 0 Å². The van der Waals surface area contributed by atoms with E-state index in [-0.39, 0.29) is 11.9 Å². The molecular formula is C10H21N3O2. The molecule has 0 aromatic heterocycles. The van der Waals surface area contributed by atoms with Crippen molar-refractivity contribution in [2.75, 3.05) is 54.0 Å². The van der Waals surface area contributed by atoms with E-state index in [1.54, 1.807) is 4.90 Å². The lowest BCUT2D eigenvalue weighted by Crippen LogP contribution is -2.52. The van der Waals surface area contributed by atoms with Crippen molar-refractivity contribution in [3.05, 3.63) is 0 Å². The maximum Gasteiger partial charge on any atom is 0.241 e. The molecule has 15 heavy (non-hydrogen) atoms. The third kappa shape index (κ3) is 4.15. The van der Waals surface area contributed by atoms with Gasteiger partial charge in [-0.25, -0.2) is 0 Å². The van der Waals surface area contributed by atoms with Gasteiger partial charge in [-0.1, -0.05) is 0 Å². The molecule has 0 aliphatic carbocycles. The first-order valence-corrected chi connectivity index (χ1v) is 5.32. The minimum Gasteiger partial charge on any atom is -0.378 e. The quantitative estimate of drug-likeness (QED) is 0.653. The Kier molecular flexibility index (Phi) is 5.01. The monoisotopic (exact) mass is 215 g/mol. The molecule has 5 heteroatoms. The summed E-state index contributed by atoms with van der Waals surface area (Å²) in [6.45, 7) is 3.59. The Morgan fingerprint density at radius 2 is 2.13 bits per heavy atom. The smallest absolute Gasteiger partial charge is 0.241 e. The molecule has 1 aliphatic rings. The van der Waals surface area contributed by atoms with Crippen molar-refractivity contribution in [1.29, 1.82) is 0 Å². The predicted octanol–water partition coefficient (Wildman–Crippen LogP) is -1.01. The lowest BCUT2D eigenvalue weighted by Gasteiger charge is -2.28. The number of rotatable bonds is 4. The highest BCUT2D eigenvalue weighted by Gasteiger charge is 2.23. The van der Waals surface area contributed by atoms with Crippen LogP contribution in [0.2, 0.25) is 0 Å². The Hall–Kier alpha value is -0.650. The van der Waals surface area contributed by atoms with Gasteiger partial charge in [0, 0.05) is 26.7 Å². The fourth-order valence-corrected chi connectivity index (χ4v) is 1.45. The summed E-state index contributed by atoms with van der Waals surface area (Å²) >= 11 is 0. The molecule has 0 aromatic rings. The molecule has 0 aromatic carbocycles.